The third-order valence-electron chi connectivity index (χ3n) is 3.28. The van der Waals surface area contributed by atoms with Gasteiger partial charge in [0, 0.05) is 18.0 Å². The molecule has 1 heterocycles. The maximum Gasteiger partial charge on any atom is 0.101 e. The Bertz CT molecular complexity index is 861. The number of hydrogen-bond donors (Lipinski definition) is 0. The first-order chi connectivity index (χ1) is 10.3. The van der Waals surface area contributed by atoms with Crippen molar-refractivity contribution in [2.24, 2.45) is 0 Å². The summed E-state index contributed by atoms with van der Waals surface area (Å²) in [4.78, 5) is 4.04. The van der Waals surface area contributed by atoms with E-state index < -0.39 is 0 Å². The molecule has 0 N–H and O–H groups in total. The number of aromatic nitrogens is 1. The molecule has 0 aliphatic rings. The number of hydrogen-bond acceptors (Lipinski definition) is 2. The van der Waals surface area contributed by atoms with Crippen molar-refractivity contribution in [1.29, 1.82) is 5.26 Å². The highest BCUT2D eigenvalue weighted by Crippen LogP contribution is 2.30. The molecule has 3 aromatic rings. The lowest BCUT2D eigenvalue weighted by atomic mass is 10.0. The zero-order valence-corrected chi connectivity index (χ0v) is 11.9. The fraction of sp³-hybridized carbons (Fsp3) is 0. The van der Waals surface area contributed by atoms with E-state index in [9.17, 15) is 5.26 Å². The van der Waals surface area contributed by atoms with Crippen LogP contribution in [-0.2, 0) is 0 Å². The Morgan fingerprint density at radius 1 is 0.952 bits per heavy atom. The van der Waals surface area contributed by atoms with Crippen LogP contribution >= 0.6 is 11.6 Å². The quantitative estimate of drug-likeness (QED) is 0.632. The Morgan fingerprint density at radius 2 is 1.76 bits per heavy atom. The zero-order chi connectivity index (χ0) is 14.7. The minimum atomic E-state index is 0.431. The van der Waals surface area contributed by atoms with Crippen LogP contribution in [0.1, 0.15) is 11.1 Å². The van der Waals surface area contributed by atoms with Crippen LogP contribution < -0.4 is 0 Å². The molecule has 0 atom stereocenters. The monoisotopic (exact) mass is 290 g/mol. The van der Waals surface area contributed by atoms with Crippen molar-refractivity contribution in [1.82, 2.24) is 4.98 Å². The Kier molecular flexibility index (Phi) is 3.68. The summed E-state index contributed by atoms with van der Waals surface area (Å²) in [5, 5.41) is 12.1. The van der Waals surface area contributed by atoms with Crippen LogP contribution in [-0.4, -0.2) is 4.98 Å². The van der Waals surface area contributed by atoms with Gasteiger partial charge in [-0.15, -0.1) is 0 Å². The molecule has 21 heavy (non-hydrogen) atoms. The predicted molar refractivity (Wildman–Crippen MR) is 86.5 cm³/mol. The molecule has 0 aliphatic heterocycles. The molecule has 0 spiro atoms. The Hall–Kier alpha value is -2.63. The average Bonchev–Trinajstić information content (AvgIpc) is 2.56. The SMILES string of the molecule is N#C/C(=C(/Cl)c1ccc2ccccc2c1)c1cccnc1. The molecule has 0 amide bonds. The minimum Gasteiger partial charge on any atom is -0.264 e. The Balaban J connectivity index is 2.16. The van der Waals surface area contributed by atoms with Gasteiger partial charge in [-0.2, -0.15) is 5.26 Å². The standard InChI is InChI=1S/C18H11ClN2/c19-18(17(11-20)16-6-3-9-21-12-16)15-8-7-13-4-1-2-5-14(13)10-15/h1-10,12H/b18-17-. The van der Waals surface area contributed by atoms with E-state index >= 15 is 0 Å². The summed E-state index contributed by atoms with van der Waals surface area (Å²) in [5.41, 5.74) is 1.98. The number of pyridine rings is 1. The first kappa shape index (κ1) is 13.4. The Morgan fingerprint density at radius 3 is 2.48 bits per heavy atom. The lowest BCUT2D eigenvalue weighted by molar-refractivity contribution is 1.31. The number of halogens is 1. The fourth-order valence-electron chi connectivity index (χ4n) is 2.22. The normalized spacial score (nSPS) is 11.8. The lowest BCUT2D eigenvalue weighted by Gasteiger charge is -2.06. The highest BCUT2D eigenvalue weighted by molar-refractivity contribution is 6.53. The molecule has 0 bridgehead atoms. The third kappa shape index (κ3) is 2.65. The number of nitrogens with zero attached hydrogens (tertiary/aromatic N) is 2. The summed E-state index contributed by atoms with van der Waals surface area (Å²) in [6, 6.07) is 19.8. The van der Waals surface area contributed by atoms with Crippen LogP contribution in [0.4, 0.5) is 0 Å². The molecule has 2 aromatic carbocycles. The van der Waals surface area contributed by atoms with Crippen LogP contribution in [0.3, 0.4) is 0 Å². The van der Waals surface area contributed by atoms with Crippen molar-refractivity contribution in [3.63, 3.8) is 0 Å². The Labute approximate surface area is 127 Å². The van der Waals surface area contributed by atoms with Crippen molar-refractivity contribution in [2.75, 3.05) is 0 Å². The van der Waals surface area contributed by atoms with Crippen molar-refractivity contribution < 1.29 is 0 Å². The van der Waals surface area contributed by atoms with Crippen molar-refractivity contribution in [3.8, 4) is 6.07 Å². The molecule has 0 fully saturated rings. The van der Waals surface area contributed by atoms with Gasteiger partial charge in [0.15, 0.2) is 0 Å². The minimum absolute atomic E-state index is 0.431. The molecule has 0 saturated carbocycles. The average molecular weight is 291 g/mol. The molecule has 0 saturated heterocycles. The van der Waals surface area contributed by atoms with Crippen molar-refractivity contribution in [3.05, 3.63) is 78.1 Å². The predicted octanol–water partition coefficient (Wildman–Crippen LogP) is 4.87. The number of rotatable bonds is 2. The van der Waals surface area contributed by atoms with E-state index in [0.717, 1.165) is 21.9 Å². The van der Waals surface area contributed by atoms with Gasteiger partial charge in [0.1, 0.15) is 6.07 Å². The molecular weight excluding hydrogens is 280 g/mol. The summed E-state index contributed by atoms with van der Waals surface area (Å²) in [7, 11) is 0. The zero-order valence-electron chi connectivity index (χ0n) is 11.1. The molecule has 3 heteroatoms. The molecular formula is C18H11ClN2. The smallest absolute Gasteiger partial charge is 0.101 e. The second-order valence-electron chi connectivity index (χ2n) is 4.60. The van der Waals surface area contributed by atoms with Gasteiger partial charge in [0.25, 0.3) is 0 Å². The molecule has 100 valence electrons. The largest absolute Gasteiger partial charge is 0.264 e. The number of nitriles is 1. The van der Waals surface area contributed by atoms with Gasteiger partial charge in [0.2, 0.25) is 0 Å². The summed E-state index contributed by atoms with van der Waals surface area (Å²) in [6.45, 7) is 0. The van der Waals surface area contributed by atoms with Gasteiger partial charge in [-0.1, -0.05) is 54.1 Å². The summed E-state index contributed by atoms with van der Waals surface area (Å²) < 4.78 is 0. The molecule has 0 aliphatic carbocycles. The van der Waals surface area contributed by atoms with Gasteiger partial charge >= 0.3 is 0 Å². The molecule has 2 nitrogen and oxygen atoms in total. The number of allylic oxidation sites excluding steroid dienone is 1. The molecule has 1 aromatic heterocycles. The van der Waals surface area contributed by atoms with Gasteiger partial charge < -0.3 is 0 Å². The van der Waals surface area contributed by atoms with Crippen LogP contribution in [0.2, 0.25) is 0 Å². The van der Waals surface area contributed by atoms with Crippen LogP contribution in [0.15, 0.2) is 67.0 Å². The third-order valence-corrected chi connectivity index (χ3v) is 3.69. The first-order valence-electron chi connectivity index (χ1n) is 6.49. The van der Waals surface area contributed by atoms with E-state index in [-0.39, 0.29) is 0 Å². The molecule has 0 radical (unpaired) electrons. The topological polar surface area (TPSA) is 36.7 Å². The maximum atomic E-state index is 9.40. The van der Waals surface area contributed by atoms with E-state index in [2.05, 4.69) is 11.1 Å². The summed E-state index contributed by atoms with van der Waals surface area (Å²) in [5.74, 6) is 0. The van der Waals surface area contributed by atoms with E-state index in [1.54, 1.807) is 18.5 Å². The van der Waals surface area contributed by atoms with Crippen molar-refractivity contribution in [2.45, 2.75) is 0 Å². The fourth-order valence-corrected chi connectivity index (χ4v) is 2.49. The number of benzene rings is 2. The maximum absolute atomic E-state index is 9.40. The van der Waals surface area contributed by atoms with Gasteiger partial charge in [-0.05, 0) is 28.5 Å². The van der Waals surface area contributed by atoms with E-state index in [0.29, 0.717) is 10.6 Å². The molecule has 0 unspecified atom stereocenters. The van der Waals surface area contributed by atoms with Crippen molar-refractivity contribution >= 4 is 33.0 Å². The second kappa shape index (κ2) is 5.78. The second-order valence-corrected chi connectivity index (χ2v) is 4.98. The lowest BCUT2D eigenvalue weighted by Crippen LogP contribution is -1.87. The summed E-state index contributed by atoms with van der Waals surface area (Å²) >= 11 is 6.44. The van der Waals surface area contributed by atoms with Crippen LogP contribution in [0, 0.1) is 11.3 Å². The first-order valence-corrected chi connectivity index (χ1v) is 6.87. The van der Waals surface area contributed by atoms with E-state index in [1.807, 2.05) is 48.5 Å². The summed E-state index contributed by atoms with van der Waals surface area (Å²) in [6.07, 6.45) is 3.31. The van der Waals surface area contributed by atoms with Crippen LogP contribution in [0.5, 0.6) is 0 Å². The number of fused-ring (bicyclic) bond motifs is 1. The molecule has 3 rings (SSSR count). The highest BCUT2D eigenvalue weighted by Gasteiger charge is 2.10. The van der Waals surface area contributed by atoms with E-state index in [1.165, 1.54) is 0 Å². The van der Waals surface area contributed by atoms with E-state index in [4.69, 9.17) is 11.6 Å². The van der Waals surface area contributed by atoms with Gasteiger partial charge in [-0.25, -0.2) is 0 Å². The van der Waals surface area contributed by atoms with Crippen LogP contribution in [0.25, 0.3) is 21.4 Å². The van der Waals surface area contributed by atoms with Gasteiger partial charge in [-0.3, -0.25) is 4.98 Å². The highest BCUT2D eigenvalue weighted by atomic mass is 35.5. The van der Waals surface area contributed by atoms with Gasteiger partial charge in [0.05, 0.1) is 10.6 Å².